The van der Waals surface area contributed by atoms with Crippen LogP contribution in [0.2, 0.25) is 0 Å². The number of carbonyl (C=O) groups is 3. The Labute approximate surface area is 163 Å². The molecule has 0 atom stereocenters. The fraction of sp³-hybridized carbons (Fsp3) is 0.286. The number of nitrogens with zero attached hydrogens (tertiary/aromatic N) is 3. The molecule has 0 saturated carbocycles. The monoisotopic (exact) mass is 378 g/mol. The number of hydrogen-bond acceptors (Lipinski definition) is 5. The standard InChI is InChI=1S/C21H22N4O3/c1-2-15-25-19(27)21(18(26)24-20(25)28,11-9-16-7-3-5-13-22-16)12-10-17-8-4-6-14-23-17/h2-8,13-14H,1,9-12,15H2,(H,24,26,28). The lowest BCUT2D eigenvalue weighted by molar-refractivity contribution is -0.152. The van der Waals surface area contributed by atoms with Crippen molar-refractivity contribution in [3.63, 3.8) is 0 Å². The summed E-state index contributed by atoms with van der Waals surface area (Å²) in [5.74, 6) is -1.05. The number of aromatic nitrogens is 2. The third-order valence-electron chi connectivity index (χ3n) is 4.93. The SMILES string of the molecule is C=CCN1C(=O)NC(=O)C(CCc2ccccn2)(CCc2ccccn2)C1=O. The van der Waals surface area contributed by atoms with Gasteiger partial charge in [0.25, 0.3) is 0 Å². The Bertz CT molecular complexity index is 824. The van der Waals surface area contributed by atoms with E-state index in [2.05, 4.69) is 21.9 Å². The molecule has 0 spiro atoms. The van der Waals surface area contributed by atoms with Gasteiger partial charge in [0, 0.05) is 30.3 Å². The molecule has 0 bridgehead atoms. The molecule has 1 aliphatic rings. The first-order valence-electron chi connectivity index (χ1n) is 9.15. The van der Waals surface area contributed by atoms with Gasteiger partial charge in [0.05, 0.1) is 0 Å². The van der Waals surface area contributed by atoms with Crippen LogP contribution < -0.4 is 5.32 Å². The lowest BCUT2D eigenvalue weighted by atomic mass is 9.74. The van der Waals surface area contributed by atoms with Gasteiger partial charge in [-0.25, -0.2) is 4.79 Å². The van der Waals surface area contributed by atoms with E-state index < -0.39 is 23.3 Å². The van der Waals surface area contributed by atoms with E-state index in [-0.39, 0.29) is 19.4 Å². The first-order valence-corrected chi connectivity index (χ1v) is 9.15. The summed E-state index contributed by atoms with van der Waals surface area (Å²) >= 11 is 0. The van der Waals surface area contributed by atoms with Crippen molar-refractivity contribution in [2.75, 3.05) is 6.54 Å². The van der Waals surface area contributed by atoms with E-state index in [1.807, 2.05) is 36.4 Å². The lowest BCUT2D eigenvalue weighted by Gasteiger charge is -2.39. The van der Waals surface area contributed by atoms with E-state index in [1.165, 1.54) is 6.08 Å². The Hall–Kier alpha value is -3.35. The molecule has 0 aliphatic carbocycles. The molecule has 7 nitrogen and oxygen atoms in total. The number of pyridine rings is 2. The maximum Gasteiger partial charge on any atom is 0.331 e. The molecule has 3 heterocycles. The van der Waals surface area contributed by atoms with Crippen molar-refractivity contribution < 1.29 is 14.4 Å². The van der Waals surface area contributed by atoms with Crippen LogP contribution in [0.3, 0.4) is 0 Å². The summed E-state index contributed by atoms with van der Waals surface area (Å²) < 4.78 is 0. The molecule has 2 aromatic heterocycles. The van der Waals surface area contributed by atoms with Crippen molar-refractivity contribution in [1.82, 2.24) is 20.2 Å². The van der Waals surface area contributed by atoms with Gasteiger partial charge in [-0.15, -0.1) is 6.58 Å². The normalized spacial score (nSPS) is 16.0. The highest BCUT2D eigenvalue weighted by molar-refractivity contribution is 6.19. The zero-order valence-corrected chi connectivity index (χ0v) is 15.5. The molecular weight excluding hydrogens is 356 g/mol. The summed E-state index contributed by atoms with van der Waals surface area (Å²) in [4.78, 5) is 47.9. The highest BCUT2D eigenvalue weighted by atomic mass is 16.2. The second-order valence-electron chi connectivity index (χ2n) is 6.69. The average Bonchev–Trinajstić information content (AvgIpc) is 2.72. The fourth-order valence-corrected chi connectivity index (χ4v) is 3.37. The predicted molar refractivity (Wildman–Crippen MR) is 103 cm³/mol. The number of aryl methyl sites for hydroxylation is 2. The molecule has 4 amide bonds. The zero-order chi connectivity index (χ0) is 20.0. The van der Waals surface area contributed by atoms with Crippen LogP contribution in [0, 0.1) is 5.41 Å². The van der Waals surface area contributed by atoms with Gasteiger partial charge >= 0.3 is 6.03 Å². The molecule has 3 rings (SSSR count). The third-order valence-corrected chi connectivity index (χ3v) is 4.93. The van der Waals surface area contributed by atoms with Crippen molar-refractivity contribution in [3.8, 4) is 0 Å². The van der Waals surface area contributed by atoms with Gasteiger partial charge in [0.2, 0.25) is 11.8 Å². The lowest BCUT2D eigenvalue weighted by Crippen LogP contribution is -2.64. The summed E-state index contributed by atoms with van der Waals surface area (Å²) in [5.41, 5.74) is 0.214. The largest absolute Gasteiger partial charge is 0.331 e. The molecule has 1 saturated heterocycles. The number of carbonyl (C=O) groups excluding carboxylic acids is 3. The first-order chi connectivity index (χ1) is 13.6. The zero-order valence-electron chi connectivity index (χ0n) is 15.5. The van der Waals surface area contributed by atoms with Crippen molar-refractivity contribution in [3.05, 3.63) is 72.8 Å². The van der Waals surface area contributed by atoms with Crippen molar-refractivity contribution in [1.29, 1.82) is 0 Å². The molecular formula is C21H22N4O3. The molecule has 1 N–H and O–H groups in total. The third kappa shape index (κ3) is 3.98. The molecule has 1 fully saturated rings. The molecule has 1 aliphatic heterocycles. The van der Waals surface area contributed by atoms with Gasteiger partial charge < -0.3 is 0 Å². The van der Waals surface area contributed by atoms with Crippen LogP contribution >= 0.6 is 0 Å². The van der Waals surface area contributed by atoms with Gasteiger partial charge in [0.1, 0.15) is 5.41 Å². The Kier molecular flexibility index (Phi) is 5.93. The minimum atomic E-state index is -1.36. The molecule has 28 heavy (non-hydrogen) atoms. The van der Waals surface area contributed by atoms with Crippen LogP contribution in [0.15, 0.2) is 61.4 Å². The van der Waals surface area contributed by atoms with E-state index in [9.17, 15) is 14.4 Å². The first kappa shape index (κ1) is 19.4. The Balaban J connectivity index is 1.89. The predicted octanol–water partition coefficient (Wildman–Crippen LogP) is 2.29. The highest BCUT2D eigenvalue weighted by Crippen LogP contribution is 2.35. The van der Waals surface area contributed by atoms with Crippen LogP contribution in [0.4, 0.5) is 4.79 Å². The van der Waals surface area contributed by atoms with E-state index in [4.69, 9.17) is 0 Å². The smallest absolute Gasteiger partial charge is 0.277 e. The van der Waals surface area contributed by atoms with E-state index in [0.717, 1.165) is 16.3 Å². The Morgan fingerprint density at radius 1 is 0.964 bits per heavy atom. The number of rotatable bonds is 8. The molecule has 2 aromatic rings. The highest BCUT2D eigenvalue weighted by Gasteiger charge is 2.52. The molecule has 0 unspecified atom stereocenters. The van der Waals surface area contributed by atoms with Crippen molar-refractivity contribution in [2.24, 2.45) is 5.41 Å². The second-order valence-corrected chi connectivity index (χ2v) is 6.69. The minimum absolute atomic E-state index is 0.0485. The average molecular weight is 378 g/mol. The molecule has 0 radical (unpaired) electrons. The van der Waals surface area contributed by atoms with Gasteiger partial charge in [-0.2, -0.15) is 0 Å². The maximum atomic E-state index is 13.3. The number of amides is 4. The van der Waals surface area contributed by atoms with Crippen LogP contribution in [0.25, 0.3) is 0 Å². The van der Waals surface area contributed by atoms with Gasteiger partial charge in [0.15, 0.2) is 0 Å². The molecule has 144 valence electrons. The number of urea groups is 1. The van der Waals surface area contributed by atoms with Crippen molar-refractivity contribution in [2.45, 2.75) is 25.7 Å². The summed E-state index contributed by atoms with van der Waals surface area (Å²) in [7, 11) is 0. The summed E-state index contributed by atoms with van der Waals surface area (Å²) in [5, 5.41) is 2.35. The number of barbiturate groups is 1. The second kappa shape index (κ2) is 8.56. The summed E-state index contributed by atoms with van der Waals surface area (Å²) in [6.07, 6.45) is 6.20. The topological polar surface area (TPSA) is 92.3 Å². The number of imide groups is 2. The molecule has 0 aromatic carbocycles. The number of nitrogens with one attached hydrogen (secondary N) is 1. The van der Waals surface area contributed by atoms with E-state index in [1.54, 1.807) is 12.4 Å². The summed E-state index contributed by atoms with van der Waals surface area (Å²) in [6, 6.07) is 10.3. The maximum absolute atomic E-state index is 13.3. The summed E-state index contributed by atoms with van der Waals surface area (Å²) in [6.45, 7) is 3.65. The van der Waals surface area contributed by atoms with E-state index in [0.29, 0.717) is 12.8 Å². The van der Waals surface area contributed by atoms with Crippen LogP contribution in [0.1, 0.15) is 24.2 Å². The van der Waals surface area contributed by atoms with Crippen LogP contribution in [0.5, 0.6) is 0 Å². The quantitative estimate of drug-likeness (QED) is 0.562. The fourth-order valence-electron chi connectivity index (χ4n) is 3.37. The Morgan fingerprint density at radius 2 is 1.54 bits per heavy atom. The van der Waals surface area contributed by atoms with Crippen LogP contribution in [-0.2, 0) is 22.4 Å². The Morgan fingerprint density at radius 3 is 2.00 bits per heavy atom. The van der Waals surface area contributed by atoms with Gasteiger partial charge in [-0.1, -0.05) is 18.2 Å². The van der Waals surface area contributed by atoms with E-state index >= 15 is 0 Å². The van der Waals surface area contributed by atoms with Gasteiger partial charge in [-0.05, 0) is 49.9 Å². The van der Waals surface area contributed by atoms with Gasteiger partial charge in [-0.3, -0.25) is 29.8 Å². The number of hydrogen-bond donors (Lipinski definition) is 1. The molecule has 7 heteroatoms. The minimum Gasteiger partial charge on any atom is -0.277 e. The van der Waals surface area contributed by atoms with Crippen molar-refractivity contribution >= 4 is 17.8 Å². The van der Waals surface area contributed by atoms with Crippen LogP contribution in [-0.4, -0.2) is 39.3 Å².